The van der Waals surface area contributed by atoms with Crippen molar-refractivity contribution < 1.29 is 14.2 Å². The van der Waals surface area contributed by atoms with Crippen LogP contribution in [0.5, 0.6) is 17.2 Å². The lowest BCUT2D eigenvalue weighted by Gasteiger charge is -2.13. The van der Waals surface area contributed by atoms with Crippen LogP contribution in [0.15, 0.2) is 522 Å². The Morgan fingerprint density at radius 3 is 0.696 bits per heavy atom. The van der Waals surface area contributed by atoms with Gasteiger partial charge in [0.2, 0.25) is 0 Å². The summed E-state index contributed by atoms with van der Waals surface area (Å²) in [5.74, 6) is 7.43. The van der Waals surface area contributed by atoms with Crippen molar-refractivity contribution >= 4 is 109 Å². The average molecular weight is 1910 g/mol. The van der Waals surface area contributed by atoms with E-state index in [1.54, 1.807) is 14.2 Å². The van der Waals surface area contributed by atoms with Gasteiger partial charge >= 0.3 is 0 Å². The number of ether oxygens (including phenoxy) is 3. The summed E-state index contributed by atoms with van der Waals surface area (Å²) in [5, 5.41) is 7.90. The van der Waals surface area contributed by atoms with Gasteiger partial charge in [-0.15, -0.1) is 0 Å². The summed E-state index contributed by atoms with van der Waals surface area (Å²) in [6.07, 6.45) is 15.1. The second-order valence-electron chi connectivity index (χ2n) is 32.9. The van der Waals surface area contributed by atoms with Crippen molar-refractivity contribution in [1.82, 2.24) is 0 Å². The van der Waals surface area contributed by atoms with E-state index in [1.807, 2.05) is 19.1 Å². The second-order valence-corrected chi connectivity index (χ2v) is 47.8. The van der Waals surface area contributed by atoms with Gasteiger partial charge in [0.1, 0.15) is 45.4 Å². The number of aryl methyl sites for hydroxylation is 4. The molecule has 0 radical (unpaired) electrons. The first-order valence-electron chi connectivity index (χ1n) is 47.0. The predicted molar refractivity (Wildman–Crippen MR) is 595 cm³/mol. The van der Waals surface area contributed by atoms with Gasteiger partial charge in [-0.1, -0.05) is 295 Å². The highest BCUT2D eigenvalue weighted by atomic mass is 32.2. The van der Waals surface area contributed by atoms with E-state index in [4.69, 9.17) is 14.2 Å². The Hall–Kier alpha value is -11.4. The van der Waals surface area contributed by atoms with Gasteiger partial charge in [0, 0.05) is 40.4 Å². The quantitative estimate of drug-likeness (QED) is 0.0458. The largest absolute Gasteiger partial charge is 0.497 e. The first-order chi connectivity index (χ1) is 66.2. The second kappa shape index (κ2) is 55.6. The number of rotatable bonds is 28. The lowest BCUT2D eigenvalue weighted by Crippen LogP contribution is -2.16. The van der Waals surface area contributed by atoms with Crippen LogP contribution < -0.4 is 14.2 Å². The summed E-state index contributed by atoms with van der Waals surface area (Å²) in [7, 11) is 4.31. The van der Waals surface area contributed by atoms with Gasteiger partial charge in [0.05, 0.1) is 83.2 Å². The maximum Gasteiger partial charge on any atom is 0.174 e. The maximum atomic E-state index is 5.82. The van der Waals surface area contributed by atoms with Crippen LogP contribution in [0.4, 0.5) is 0 Å². The molecule has 0 amide bonds. The molecule has 3 nitrogen and oxygen atoms in total. The van der Waals surface area contributed by atoms with Gasteiger partial charge in [0.15, 0.2) is 73.4 Å². The normalized spacial score (nSPS) is 10.9. The highest BCUT2D eigenvalue weighted by Gasteiger charge is 2.36. The molecule has 10 heteroatoms. The molecule has 0 bridgehead atoms. The van der Waals surface area contributed by atoms with E-state index in [0.29, 0.717) is 17.5 Å². The van der Waals surface area contributed by atoms with Gasteiger partial charge in [-0.3, -0.25) is 0 Å². The van der Waals surface area contributed by atoms with Crippen LogP contribution in [0.3, 0.4) is 0 Å². The van der Waals surface area contributed by atoms with E-state index >= 15 is 0 Å². The lowest BCUT2D eigenvalue weighted by molar-refractivity contribution is 0.335. The molecule has 0 atom stereocenters. The minimum atomic E-state index is -0.164. The molecule has 0 aliphatic heterocycles. The minimum absolute atomic E-state index is 0.0804. The van der Waals surface area contributed by atoms with E-state index in [9.17, 15) is 0 Å². The lowest BCUT2D eigenvalue weighted by atomic mass is 10.1. The Kier molecular flexibility index (Phi) is 42.2. The van der Waals surface area contributed by atoms with Crippen LogP contribution >= 0.6 is 0 Å². The number of hydrogen-bond acceptors (Lipinski definition) is 3. The summed E-state index contributed by atoms with van der Waals surface area (Å²) in [4.78, 5) is 20.2. The first-order valence-corrected chi connectivity index (χ1v) is 57.3. The van der Waals surface area contributed by atoms with Crippen LogP contribution in [-0.2, 0) is 76.3 Å². The summed E-state index contributed by atoms with van der Waals surface area (Å²) >= 11 is 0. The fraction of sp³-hybridized carbons (Fsp3) is 0.184. The van der Waals surface area contributed by atoms with E-state index < -0.39 is 0 Å². The van der Waals surface area contributed by atoms with Crippen LogP contribution in [0, 0.1) is 27.7 Å². The molecule has 0 spiro atoms. The third-order valence-corrected chi connectivity index (χ3v) is 36.0. The smallest absolute Gasteiger partial charge is 0.174 e. The zero-order chi connectivity index (χ0) is 94.7. The zero-order valence-corrected chi connectivity index (χ0v) is 86.6. The van der Waals surface area contributed by atoms with Gasteiger partial charge in [0.25, 0.3) is 0 Å². The highest BCUT2D eigenvalue weighted by molar-refractivity contribution is 7.98. The molecule has 135 heavy (non-hydrogen) atoms. The van der Waals surface area contributed by atoms with Crippen LogP contribution in [0.1, 0.15) is 88.5 Å². The topological polar surface area (TPSA) is 27.7 Å². The Morgan fingerprint density at radius 2 is 0.437 bits per heavy atom. The summed E-state index contributed by atoms with van der Waals surface area (Å²) in [6.45, 7) is 18.2. The highest BCUT2D eigenvalue weighted by Crippen LogP contribution is 2.43. The van der Waals surface area contributed by atoms with Crippen LogP contribution in [0.25, 0.3) is 32.3 Å². The molecule has 18 aromatic carbocycles. The molecular weight excluding hydrogens is 1770 g/mol. The van der Waals surface area contributed by atoms with Crippen molar-refractivity contribution in [2.24, 2.45) is 0 Å². The Balaban J connectivity index is 0.000000146. The van der Waals surface area contributed by atoms with Crippen molar-refractivity contribution in [1.29, 1.82) is 0 Å². The van der Waals surface area contributed by atoms with Crippen molar-refractivity contribution in [2.45, 2.75) is 167 Å². The molecule has 0 fully saturated rings. The number of hydrogen-bond donors (Lipinski definition) is 0. The van der Waals surface area contributed by atoms with E-state index in [0.717, 1.165) is 28.1 Å². The van der Waals surface area contributed by atoms with Crippen LogP contribution in [-0.4, -0.2) is 56.9 Å². The molecule has 0 aliphatic carbocycles. The Morgan fingerprint density at radius 1 is 0.215 bits per heavy atom. The van der Waals surface area contributed by atoms with E-state index in [2.05, 4.69) is 504 Å². The number of unbranched alkanes of at least 4 members (excludes halogenated alkanes) is 3. The van der Waals surface area contributed by atoms with Gasteiger partial charge in [-0.2, -0.15) is 0 Å². The molecule has 0 N–H and O–H groups in total. The fourth-order valence-corrected chi connectivity index (χ4v) is 29.9. The van der Waals surface area contributed by atoms with Crippen LogP contribution in [0.2, 0.25) is 0 Å². The zero-order valence-electron chi connectivity index (χ0n) is 80.9. The van der Waals surface area contributed by atoms with Crippen molar-refractivity contribution in [3.8, 4) is 17.2 Å². The summed E-state index contributed by atoms with van der Waals surface area (Å²) in [6, 6.07) is 160. The van der Waals surface area contributed by atoms with Crippen molar-refractivity contribution in [3.63, 3.8) is 0 Å². The first kappa shape index (κ1) is 103. The molecule has 0 aliphatic rings. The third kappa shape index (κ3) is 29.8. The maximum absolute atomic E-state index is 5.82. The predicted octanol–water partition coefficient (Wildman–Crippen LogP) is 33.5. The molecule has 0 aromatic heterocycles. The number of benzene rings is 18. The Bertz CT molecular complexity index is 6140. The van der Waals surface area contributed by atoms with Crippen molar-refractivity contribution in [3.05, 3.63) is 471 Å². The monoisotopic (exact) mass is 1910 g/mol. The minimum Gasteiger partial charge on any atom is -0.497 e. The third-order valence-electron chi connectivity index (χ3n) is 22.2. The molecule has 0 unspecified atom stereocenters. The van der Waals surface area contributed by atoms with Crippen molar-refractivity contribution in [2.75, 3.05) is 56.9 Å². The fourth-order valence-electron chi connectivity index (χ4n) is 15.9. The molecule has 18 aromatic rings. The standard InChI is InChI=1S/C26H19S.C22H23OS.C22H17S.C21H21OS.C19H17OS.C12H27S.C3H9S/c1-2-14-22(15-3-1)27(25-18-8-12-20-10-4-6-16-23(20)25)26-19-9-13-21-11-5-7-17-24(21)26;1-4-23-22-17(2)15-21(16-18(22)3)24(19-11-7-5-8-12-19)20-13-9-6-10-14-20;1-3-12-19(13-4-1)23(20-14-5-2-6-15-20)22-17-9-11-18-10-7-8-16-21(18)22;1-16-14-20(15-17(2)21(16)22-3)23(18-10-6-4-7-11-18)19-12-8-5-9-13-19;1-20-16-12-14-19(15-13-16)21(17-8-4-2-5-9-17)18-10-6-3-7-11-18;1-4-7-10-13(11-8-5-2)12-9-6-3;1-4(2)3/h1-19H;5-16H,4H2,1-3H3;1-17H;4-15H,1-3H3;2-15H,1H3;4-12H2,1-3H3;1-3H3/q7*+1. The summed E-state index contributed by atoms with van der Waals surface area (Å²) < 4.78 is 16.6. The molecule has 0 heterocycles. The molecule has 0 saturated carbocycles. The average Bonchev–Trinajstić information content (AvgIpc) is 0.765. The SMILES string of the molecule is CCCC[S+](CCCC)CCCC.CCOc1c(C)cc([S+](c2ccccc2)c2ccccc2)cc1C.COc1c(C)cc([S+](c2ccccc2)c2ccccc2)cc1C.COc1ccc([S+](c2ccccc2)c2ccccc2)cc1.C[S+](C)C.c1ccc([S+](c2cccc3ccccc23)c2cccc3ccccc23)cc1.c1ccc([S+](c2ccccc2)c2cccc3ccccc23)cc1. The molecule has 18 rings (SSSR count). The van der Waals surface area contributed by atoms with Gasteiger partial charge in [-0.05, 0) is 284 Å². The molecule has 0 saturated heterocycles. The molecular formula is C125H133O3S7+7. The molecule has 686 valence electrons. The van der Waals surface area contributed by atoms with E-state index in [-0.39, 0.29) is 54.5 Å². The van der Waals surface area contributed by atoms with E-state index in [1.165, 1.54) is 184 Å². The summed E-state index contributed by atoms with van der Waals surface area (Å²) in [5.41, 5.74) is 4.78. The number of fused-ring (bicyclic) bond motifs is 3. The van der Waals surface area contributed by atoms with Gasteiger partial charge < -0.3 is 14.2 Å². The number of methoxy groups -OCH3 is 2. The van der Waals surface area contributed by atoms with Gasteiger partial charge in [-0.25, -0.2) is 0 Å². The Labute approximate surface area is 828 Å².